The lowest BCUT2D eigenvalue weighted by Gasteiger charge is -2.17. The Labute approximate surface area is 126 Å². The fraction of sp³-hybridized carbons (Fsp3) is 0.294. The van der Waals surface area contributed by atoms with Gasteiger partial charge in [0.1, 0.15) is 0 Å². The van der Waals surface area contributed by atoms with Crippen LogP contribution in [0.25, 0.3) is 0 Å². The predicted molar refractivity (Wildman–Crippen MR) is 84.1 cm³/mol. The number of hydrogen-bond acceptors (Lipinski definition) is 3. The average Bonchev–Trinajstić information content (AvgIpc) is 2.37. The van der Waals surface area contributed by atoms with E-state index in [1.807, 2.05) is 32.9 Å². The number of sulfone groups is 1. The predicted octanol–water partition coefficient (Wildman–Crippen LogP) is 3.12. The number of aryl methyl sites for hydroxylation is 3. The number of benzene rings is 2. The Morgan fingerprint density at radius 3 is 2.05 bits per heavy atom. The van der Waals surface area contributed by atoms with Gasteiger partial charge in [-0.15, -0.1) is 0 Å². The van der Waals surface area contributed by atoms with Crippen molar-refractivity contribution in [1.82, 2.24) is 0 Å². The van der Waals surface area contributed by atoms with Crippen LogP contribution in [0.4, 0.5) is 0 Å². The Kier molecular flexibility index (Phi) is 4.49. The molecule has 3 nitrogen and oxygen atoms in total. The van der Waals surface area contributed by atoms with Crippen molar-refractivity contribution >= 4 is 9.84 Å². The van der Waals surface area contributed by atoms with Crippen LogP contribution < -0.4 is 0 Å². The topological polar surface area (TPSA) is 54.4 Å². The van der Waals surface area contributed by atoms with Crippen LogP contribution >= 0.6 is 0 Å². The van der Waals surface area contributed by atoms with E-state index >= 15 is 0 Å². The summed E-state index contributed by atoms with van der Waals surface area (Å²) in [5, 5.41) is 10.4. The highest BCUT2D eigenvalue weighted by Crippen LogP contribution is 2.26. The van der Waals surface area contributed by atoms with Gasteiger partial charge < -0.3 is 5.11 Å². The molecular formula is C17H20O3S. The fourth-order valence-corrected chi connectivity index (χ4v) is 4.08. The molecule has 2 aromatic rings. The van der Waals surface area contributed by atoms with Crippen molar-refractivity contribution < 1.29 is 13.5 Å². The van der Waals surface area contributed by atoms with Gasteiger partial charge in [0.25, 0.3) is 0 Å². The largest absolute Gasteiger partial charge is 0.387 e. The first-order valence-corrected chi connectivity index (χ1v) is 8.50. The second-order valence-corrected chi connectivity index (χ2v) is 7.46. The number of aliphatic hydroxyl groups excluding tert-OH is 1. The van der Waals surface area contributed by atoms with Crippen LogP contribution in [0.3, 0.4) is 0 Å². The van der Waals surface area contributed by atoms with Crippen LogP contribution in [0.1, 0.15) is 28.4 Å². The molecule has 2 rings (SSSR count). The number of aliphatic hydroxyl groups is 1. The summed E-state index contributed by atoms with van der Waals surface area (Å²) in [5.74, 6) is -0.304. The summed E-state index contributed by atoms with van der Waals surface area (Å²) in [6, 6.07) is 12.2. The summed E-state index contributed by atoms with van der Waals surface area (Å²) in [4.78, 5) is 0.242. The minimum atomic E-state index is -3.50. The molecule has 0 saturated heterocycles. The van der Waals surface area contributed by atoms with E-state index < -0.39 is 15.9 Å². The molecule has 0 radical (unpaired) electrons. The summed E-state index contributed by atoms with van der Waals surface area (Å²) >= 11 is 0. The van der Waals surface area contributed by atoms with Crippen LogP contribution in [-0.4, -0.2) is 19.3 Å². The van der Waals surface area contributed by atoms with Crippen molar-refractivity contribution in [3.8, 4) is 0 Å². The van der Waals surface area contributed by atoms with Gasteiger partial charge in [-0.05, 0) is 49.6 Å². The lowest BCUT2D eigenvalue weighted by molar-refractivity contribution is 0.200. The maximum Gasteiger partial charge on any atom is 0.181 e. The molecule has 2 aromatic carbocycles. The molecule has 1 unspecified atom stereocenters. The minimum Gasteiger partial charge on any atom is -0.387 e. The van der Waals surface area contributed by atoms with Gasteiger partial charge in [-0.3, -0.25) is 0 Å². The molecule has 4 heteroatoms. The zero-order valence-corrected chi connectivity index (χ0v) is 13.3. The van der Waals surface area contributed by atoms with Crippen molar-refractivity contribution in [3.63, 3.8) is 0 Å². The SMILES string of the molecule is Cc1cc(C)c(C(O)CS(=O)(=O)c2ccccc2)c(C)c1. The molecule has 0 fully saturated rings. The molecule has 0 aromatic heterocycles. The molecule has 112 valence electrons. The van der Waals surface area contributed by atoms with Crippen molar-refractivity contribution in [2.24, 2.45) is 0 Å². The van der Waals surface area contributed by atoms with Gasteiger partial charge in [-0.1, -0.05) is 35.9 Å². The van der Waals surface area contributed by atoms with E-state index in [0.717, 1.165) is 16.7 Å². The smallest absolute Gasteiger partial charge is 0.181 e. The second-order valence-electron chi connectivity index (χ2n) is 5.42. The van der Waals surface area contributed by atoms with Gasteiger partial charge in [0.05, 0.1) is 16.8 Å². The quantitative estimate of drug-likeness (QED) is 0.944. The van der Waals surface area contributed by atoms with Crippen LogP contribution in [0.5, 0.6) is 0 Å². The van der Waals surface area contributed by atoms with Crippen molar-refractivity contribution in [1.29, 1.82) is 0 Å². The van der Waals surface area contributed by atoms with Gasteiger partial charge in [0.15, 0.2) is 9.84 Å². The van der Waals surface area contributed by atoms with Crippen molar-refractivity contribution in [3.05, 3.63) is 64.7 Å². The first-order chi connectivity index (χ1) is 9.81. The van der Waals surface area contributed by atoms with Gasteiger partial charge in [-0.2, -0.15) is 0 Å². The summed E-state index contributed by atoms with van der Waals surface area (Å²) in [6.45, 7) is 5.78. The standard InChI is InChI=1S/C17H20O3S/c1-12-9-13(2)17(14(3)10-12)16(18)11-21(19,20)15-7-5-4-6-8-15/h4-10,16,18H,11H2,1-3H3. The minimum absolute atomic E-state index is 0.242. The van der Waals surface area contributed by atoms with E-state index in [-0.39, 0.29) is 10.6 Å². The lowest BCUT2D eigenvalue weighted by Crippen LogP contribution is -2.16. The molecule has 0 aliphatic carbocycles. The molecule has 21 heavy (non-hydrogen) atoms. The molecular weight excluding hydrogens is 284 g/mol. The van der Waals surface area contributed by atoms with E-state index in [1.165, 1.54) is 0 Å². The maximum absolute atomic E-state index is 12.3. The highest BCUT2D eigenvalue weighted by atomic mass is 32.2. The highest BCUT2D eigenvalue weighted by molar-refractivity contribution is 7.91. The van der Waals surface area contributed by atoms with E-state index in [9.17, 15) is 13.5 Å². The Hall–Kier alpha value is -1.65. The van der Waals surface area contributed by atoms with E-state index in [0.29, 0.717) is 5.56 Å². The van der Waals surface area contributed by atoms with E-state index in [1.54, 1.807) is 30.3 Å². The lowest BCUT2D eigenvalue weighted by atomic mass is 9.96. The third-order valence-corrected chi connectivity index (χ3v) is 5.30. The van der Waals surface area contributed by atoms with E-state index in [4.69, 9.17) is 0 Å². The van der Waals surface area contributed by atoms with Crippen LogP contribution in [0, 0.1) is 20.8 Å². The summed E-state index contributed by atoms with van der Waals surface area (Å²) < 4.78 is 24.7. The van der Waals surface area contributed by atoms with E-state index in [2.05, 4.69) is 0 Å². The zero-order chi connectivity index (χ0) is 15.6. The van der Waals surface area contributed by atoms with Crippen molar-refractivity contribution in [2.75, 3.05) is 5.75 Å². The molecule has 0 saturated carbocycles. The first-order valence-electron chi connectivity index (χ1n) is 6.85. The number of hydrogen-bond donors (Lipinski definition) is 1. The van der Waals surface area contributed by atoms with Crippen LogP contribution in [0.15, 0.2) is 47.4 Å². The Morgan fingerprint density at radius 1 is 1.00 bits per heavy atom. The highest BCUT2D eigenvalue weighted by Gasteiger charge is 2.23. The fourth-order valence-electron chi connectivity index (χ4n) is 2.73. The van der Waals surface area contributed by atoms with Crippen molar-refractivity contribution in [2.45, 2.75) is 31.8 Å². The zero-order valence-electron chi connectivity index (χ0n) is 12.5. The summed E-state index contributed by atoms with van der Waals surface area (Å²) in [7, 11) is -3.50. The Morgan fingerprint density at radius 2 is 1.52 bits per heavy atom. The molecule has 0 aliphatic rings. The first kappa shape index (κ1) is 15.7. The molecule has 0 heterocycles. The molecule has 1 N–H and O–H groups in total. The summed E-state index contributed by atoms with van der Waals surface area (Å²) in [6.07, 6.45) is -1.02. The van der Waals surface area contributed by atoms with Gasteiger partial charge in [-0.25, -0.2) is 8.42 Å². The number of rotatable bonds is 4. The van der Waals surface area contributed by atoms with Gasteiger partial charge >= 0.3 is 0 Å². The third-order valence-electron chi connectivity index (χ3n) is 3.55. The van der Waals surface area contributed by atoms with Gasteiger partial charge in [0.2, 0.25) is 0 Å². The molecule has 0 aliphatic heterocycles. The Balaban J connectivity index is 2.33. The molecule has 1 atom stereocenters. The molecule has 0 bridgehead atoms. The molecule has 0 spiro atoms. The van der Waals surface area contributed by atoms with Crippen LogP contribution in [0.2, 0.25) is 0 Å². The molecule has 0 amide bonds. The van der Waals surface area contributed by atoms with Crippen LogP contribution in [-0.2, 0) is 9.84 Å². The normalized spacial score (nSPS) is 13.1. The second kappa shape index (κ2) is 6.00. The average molecular weight is 304 g/mol. The Bertz CT molecular complexity index is 711. The maximum atomic E-state index is 12.3. The monoisotopic (exact) mass is 304 g/mol. The third kappa shape index (κ3) is 3.52. The summed E-state index contributed by atoms with van der Waals surface area (Å²) in [5.41, 5.74) is 3.65. The van der Waals surface area contributed by atoms with Gasteiger partial charge in [0, 0.05) is 0 Å².